The summed E-state index contributed by atoms with van der Waals surface area (Å²) in [5.41, 5.74) is -0.890. The third-order valence-electron chi connectivity index (χ3n) is 6.19. The van der Waals surface area contributed by atoms with E-state index in [1.54, 1.807) is 25.7 Å². The van der Waals surface area contributed by atoms with Gasteiger partial charge in [0.15, 0.2) is 0 Å². The number of hydrogen-bond donors (Lipinski definition) is 1. The molecule has 0 saturated carbocycles. The van der Waals surface area contributed by atoms with Gasteiger partial charge in [0.2, 0.25) is 11.8 Å². The van der Waals surface area contributed by atoms with E-state index >= 15 is 4.39 Å². The van der Waals surface area contributed by atoms with Gasteiger partial charge in [-0.25, -0.2) is 14.2 Å². The maximum Gasteiger partial charge on any atom is 0.412 e. The SMILES string of the molecule is CCN1CC(C)(C)Oc2nc(N3CCOCC3C)nc(-c3ccc(NC(=O)OC(C)(C)C)cc3F)c2C1=O. The van der Waals surface area contributed by atoms with Crippen molar-refractivity contribution in [3.05, 3.63) is 29.6 Å². The summed E-state index contributed by atoms with van der Waals surface area (Å²) in [6.07, 6.45) is -0.700. The average molecular weight is 530 g/mol. The molecule has 1 unspecified atom stereocenters. The van der Waals surface area contributed by atoms with Crippen LogP contribution in [0.3, 0.4) is 0 Å². The Hall–Kier alpha value is -3.47. The molecule has 4 rings (SSSR count). The Balaban J connectivity index is 1.83. The number of anilines is 2. The van der Waals surface area contributed by atoms with Gasteiger partial charge in [-0.2, -0.15) is 4.98 Å². The largest absolute Gasteiger partial charge is 0.469 e. The number of nitrogens with zero attached hydrogens (tertiary/aromatic N) is 4. The van der Waals surface area contributed by atoms with E-state index in [4.69, 9.17) is 19.2 Å². The Morgan fingerprint density at radius 2 is 2.03 bits per heavy atom. The molecule has 0 bridgehead atoms. The molecule has 2 aliphatic heterocycles. The highest BCUT2D eigenvalue weighted by molar-refractivity contribution is 6.03. The van der Waals surface area contributed by atoms with Crippen molar-refractivity contribution in [1.82, 2.24) is 14.9 Å². The van der Waals surface area contributed by atoms with Crippen LogP contribution in [0.15, 0.2) is 18.2 Å². The summed E-state index contributed by atoms with van der Waals surface area (Å²) in [6, 6.07) is 4.17. The first-order chi connectivity index (χ1) is 17.8. The number of halogens is 1. The van der Waals surface area contributed by atoms with Crippen molar-refractivity contribution >= 4 is 23.6 Å². The van der Waals surface area contributed by atoms with Crippen LogP contribution in [0.1, 0.15) is 58.8 Å². The second kappa shape index (κ2) is 10.4. The molecule has 1 aromatic heterocycles. The lowest BCUT2D eigenvalue weighted by Gasteiger charge is -2.34. The monoisotopic (exact) mass is 529 g/mol. The molecule has 38 heavy (non-hydrogen) atoms. The van der Waals surface area contributed by atoms with Crippen molar-refractivity contribution < 1.29 is 28.2 Å². The molecule has 1 aromatic carbocycles. The van der Waals surface area contributed by atoms with Gasteiger partial charge in [-0.1, -0.05) is 0 Å². The predicted octanol–water partition coefficient (Wildman–Crippen LogP) is 4.49. The maximum atomic E-state index is 15.7. The molecule has 2 aliphatic rings. The summed E-state index contributed by atoms with van der Waals surface area (Å²) < 4.78 is 32.7. The van der Waals surface area contributed by atoms with E-state index in [1.165, 1.54) is 18.2 Å². The van der Waals surface area contributed by atoms with E-state index in [0.29, 0.717) is 38.8 Å². The molecule has 1 saturated heterocycles. The van der Waals surface area contributed by atoms with Crippen LogP contribution in [0, 0.1) is 5.82 Å². The highest BCUT2D eigenvalue weighted by Gasteiger charge is 2.38. The second-order valence-electron chi connectivity index (χ2n) is 11.2. The van der Waals surface area contributed by atoms with Gasteiger partial charge < -0.3 is 24.0 Å². The fourth-order valence-corrected chi connectivity index (χ4v) is 4.49. The van der Waals surface area contributed by atoms with E-state index in [2.05, 4.69) is 10.3 Å². The molecule has 2 aromatic rings. The zero-order chi connectivity index (χ0) is 27.8. The Kier molecular flexibility index (Phi) is 7.51. The predicted molar refractivity (Wildman–Crippen MR) is 141 cm³/mol. The summed E-state index contributed by atoms with van der Waals surface area (Å²) in [5.74, 6) is -0.553. The number of amides is 2. The summed E-state index contributed by atoms with van der Waals surface area (Å²) >= 11 is 0. The zero-order valence-corrected chi connectivity index (χ0v) is 23.1. The van der Waals surface area contributed by atoms with E-state index in [1.807, 2.05) is 32.6 Å². The van der Waals surface area contributed by atoms with Gasteiger partial charge >= 0.3 is 6.09 Å². The van der Waals surface area contributed by atoms with Crippen molar-refractivity contribution in [3.63, 3.8) is 0 Å². The number of carbonyl (C=O) groups is 2. The summed E-state index contributed by atoms with van der Waals surface area (Å²) in [6.45, 7) is 15.1. The van der Waals surface area contributed by atoms with Crippen molar-refractivity contribution in [2.24, 2.45) is 0 Å². The maximum absolute atomic E-state index is 15.7. The van der Waals surface area contributed by atoms with Crippen LogP contribution in [-0.2, 0) is 9.47 Å². The lowest BCUT2D eigenvalue weighted by Crippen LogP contribution is -2.44. The number of aromatic nitrogens is 2. The molecule has 206 valence electrons. The molecule has 0 radical (unpaired) electrons. The standard InChI is InChI=1S/C27H36FN5O5/c1-8-32-15-27(6,7)37-22-20(23(32)34)21(30-24(31-22)33-11-12-36-14-16(33)2)18-10-9-17(13-19(18)28)29-25(35)38-26(3,4)5/h9-10,13,16H,8,11-12,14-15H2,1-7H3,(H,29,35). The number of morpholine rings is 1. The van der Waals surface area contributed by atoms with E-state index in [-0.39, 0.29) is 40.3 Å². The third-order valence-corrected chi connectivity index (χ3v) is 6.19. The van der Waals surface area contributed by atoms with E-state index in [9.17, 15) is 9.59 Å². The summed E-state index contributed by atoms with van der Waals surface area (Å²) in [5, 5.41) is 2.54. The molecule has 0 spiro atoms. The normalized spacial score (nSPS) is 19.4. The smallest absolute Gasteiger partial charge is 0.412 e. The number of fused-ring (bicyclic) bond motifs is 1. The Bertz CT molecular complexity index is 1230. The quantitative estimate of drug-likeness (QED) is 0.618. The van der Waals surface area contributed by atoms with Crippen molar-refractivity contribution in [2.75, 3.05) is 43.1 Å². The Labute approximate surface area is 222 Å². The van der Waals surface area contributed by atoms with Crippen molar-refractivity contribution in [3.8, 4) is 17.1 Å². The van der Waals surface area contributed by atoms with Crippen molar-refractivity contribution in [1.29, 1.82) is 0 Å². The van der Waals surface area contributed by atoms with Gasteiger partial charge in [-0.3, -0.25) is 10.1 Å². The molecule has 11 heteroatoms. The zero-order valence-electron chi connectivity index (χ0n) is 23.1. The number of benzene rings is 1. The van der Waals surface area contributed by atoms with Crippen molar-refractivity contribution in [2.45, 2.75) is 65.7 Å². The number of nitrogens with one attached hydrogen (secondary N) is 1. The van der Waals surface area contributed by atoms with Crippen LogP contribution in [0.5, 0.6) is 5.88 Å². The first kappa shape index (κ1) is 27.6. The molecular formula is C27H36FN5O5. The number of hydrogen-bond acceptors (Lipinski definition) is 8. The van der Waals surface area contributed by atoms with Crippen LogP contribution in [0.2, 0.25) is 0 Å². The average Bonchev–Trinajstić information content (AvgIpc) is 2.90. The molecule has 1 N–H and O–H groups in total. The van der Waals surface area contributed by atoms with Gasteiger partial charge in [0.05, 0.1) is 31.5 Å². The number of likely N-dealkylation sites (N-methyl/N-ethyl adjacent to an activating group) is 1. The van der Waals surface area contributed by atoms with E-state index in [0.717, 1.165) is 0 Å². The second-order valence-corrected chi connectivity index (χ2v) is 11.2. The van der Waals surface area contributed by atoms with Gasteiger partial charge in [0.1, 0.15) is 22.6 Å². The number of ether oxygens (including phenoxy) is 3. The number of rotatable bonds is 4. The van der Waals surface area contributed by atoms with Crippen LogP contribution in [0.25, 0.3) is 11.3 Å². The lowest BCUT2D eigenvalue weighted by molar-refractivity contribution is 0.0541. The molecule has 10 nitrogen and oxygen atoms in total. The van der Waals surface area contributed by atoms with Crippen LogP contribution in [0.4, 0.5) is 20.8 Å². The van der Waals surface area contributed by atoms with Gasteiger partial charge in [-0.05, 0) is 66.7 Å². The topological polar surface area (TPSA) is 106 Å². The van der Waals surface area contributed by atoms with Crippen LogP contribution < -0.4 is 15.0 Å². The van der Waals surface area contributed by atoms with Crippen LogP contribution in [-0.4, -0.2) is 77.0 Å². The molecule has 1 atom stereocenters. The Morgan fingerprint density at radius 1 is 1.29 bits per heavy atom. The van der Waals surface area contributed by atoms with Gasteiger partial charge in [0.25, 0.3) is 5.91 Å². The van der Waals surface area contributed by atoms with Crippen LogP contribution >= 0.6 is 0 Å². The molecule has 0 aliphatic carbocycles. The molecular weight excluding hydrogens is 493 g/mol. The lowest BCUT2D eigenvalue weighted by atomic mass is 10.0. The summed E-state index contributed by atoms with van der Waals surface area (Å²) in [4.78, 5) is 38.9. The minimum absolute atomic E-state index is 0.0264. The molecule has 1 fully saturated rings. The Morgan fingerprint density at radius 3 is 2.66 bits per heavy atom. The molecule has 2 amide bonds. The minimum Gasteiger partial charge on any atom is -0.469 e. The third kappa shape index (κ3) is 5.98. The first-order valence-corrected chi connectivity index (χ1v) is 12.8. The first-order valence-electron chi connectivity index (χ1n) is 12.8. The summed E-state index contributed by atoms with van der Waals surface area (Å²) in [7, 11) is 0. The highest BCUT2D eigenvalue weighted by Crippen LogP contribution is 2.37. The minimum atomic E-state index is -0.726. The van der Waals surface area contributed by atoms with Gasteiger partial charge in [0, 0.05) is 24.3 Å². The fraction of sp³-hybridized carbons (Fsp3) is 0.556. The van der Waals surface area contributed by atoms with Gasteiger partial charge in [-0.15, -0.1) is 0 Å². The number of carbonyl (C=O) groups excluding carboxylic acids is 2. The molecule has 3 heterocycles. The van der Waals surface area contributed by atoms with E-state index < -0.39 is 23.1 Å². The highest BCUT2D eigenvalue weighted by atomic mass is 19.1. The fourth-order valence-electron chi connectivity index (χ4n) is 4.49.